The van der Waals surface area contributed by atoms with Crippen LogP contribution in [0.4, 0.5) is 4.79 Å². The Morgan fingerprint density at radius 3 is 2.54 bits per heavy atom. The second-order valence-corrected chi connectivity index (χ2v) is 9.74. The van der Waals surface area contributed by atoms with E-state index in [1.54, 1.807) is 13.0 Å². The molecule has 1 aromatic heterocycles. The summed E-state index contributed by atoms with van der Waals surface area (Å²) in [7, 11) is -3.49. The summed E-state index contributed by atoms with van der Waals surface area (Å²) in [6.45, 7) is 2.75. The summed E-state index contributed by atoms with van der Waals surface area (Å²) < 4.78 is 26.4. The van der Waals surface area contributed by atoms with Crippen molar-refractivity contribution in [3.8, 4) is 0 Å². The summed E-state index contributed by atoms with van der Waals surface area (Å²) in [5, 5.41) is 4.98. The molecule has 0 aromatic carbocycles. The first-order chi connectivity index (χ1) is 12.4. The Morgan fingerprint density at radius 1 is 1.27 bits per heavy atom. The number of nitrogens with zero attached hydrogens (tertiary/aromatic N) is 2. The zero-order valence-corrected chi connectivity index (χ0v) is 16.1. The molecule has 1 saturated carbocycles. The number of amides is 3. The molecule has 1 unspecified atom stereocenters. The Balaban J connectivity index is 1.56. The van der Waals surface area contributed by atoms with Gasteiger partial charge in [-0.2, -0.15) is 4.31 Å². The van der Waals surface area contributed by atoms with Gasteiger partial charge in [-0.15, -0.1) is 0 Å². The molecule has 0 spiro atoms. The molecule has 1 aliphatic heterocycles. The number of carbonyl (C=O) groups is 2. The quantitative estimate of drug-likeness (QED) is 0.700. The number of hydrogen-bond acceptors (Lipinski definition) is 6. The van der Waals surface area contributed by atoms with Crippen molar-refractivity contribution < 1.29 is 18.0 Å². The van der Waals surface area contributed by atoms with E-state index in [0.717, 1.165) is 25.7 Å². The third kappa shape index (κ3) is 4.74. The lowest BCUT2D eigenvalue weighted by Crippen LogP contribution is -2.43. The van der Waals surface area contributed by atoms with Crippen LogP contribution in [0.1, 0.15) is 32.6 Å². The predicted molar refractivity (Wildman–Crippen MR) is 97.2 cm³/mol. The zero-order valence-electron chi connectivity index (χ0n) is 14.5. The molecule has 8 nitrogen and oxygen atoms in total. The summed E-state index contributed by atoms with van der Waals surface area (Å²) in [6, 6.07) is 2.79. The molecular weight excluding hydrogens is 376 g/mol. The fourth-order valence-electron chi connectivity index (χ4n) is 2.56. The van der Waals surface area contributed by atoms with E-state index in [2.05, 4.69) is 15.6 Å². The van der Waals surface area contributed by atoms with Crippen molar-refractivity contribution in [2.45, 2.75) is 53.8 Å². The molecule has 0 radical (unpaired) electrons. The van der Waals surface area contributed by atoms with E-state index in [0.29, 0.717) is 18.1 Å². The van der Waals surface area contributed by atoms with Crippen LogP contribution in [0, 0.1) is 0 Å². The van der Waals surface area contributed by atoms with Crippen LogP contribution < -0.4 is 10.6 Å². The topological polar surface area (TPSA) is 108 Å². The number of nitrogens with one attached hydrogen (secondary N) is 2. The highest BCUT2D eigenvalue weighted by atomic mass is 32.2. The molecule has 1 aliphatic carbocycles. The molecule has 26 heavy (non-hydrogen) atoms. The van der Waals surface area contributed by atoms with Crippen molar-refractivity contribution in [1.82, 2.24) is 19.9 Å². The zero-order chi connectivity index (χ0) is 18.7. The van der Waals surface area contributed by atoms with Gasteiger partial charge >= 0.3 is 6.03 Å². The summed E-state index contributed by atoms with van der Waals surface area (Å²) >= 11 is 1.17. The third-order valence-electron chi connectivity index (χ3n) is 4.23. The van der Waals surface area contributed by atoms with Gasteiger partial charge in [0.1, 0.15) is 4.90 Å². The lowest BCUT2D eigenvalue weighted by Gasteiger charge is -2.15. The van der Waals surface area contributed by atoms with Crippen LogP contribution in [0.3, 0.4) is 0 Å². The Bertz CT molecular complexity index is 772. The van der Waals surface area contributed by atoms with Gasteiger partial charge in [0.2, 0.25) is 15.9 Å². The molecule has 1 saturated heterocycles. The average Bonchev–Trinajstić information content (AvgIpc) is 3.23. The molecular formula is C16H22N4O4S2. The second kappa shape index (κ2) is 7.93. The minimum absolute atomic E-state index is 0.157. The number of imide groups is 1. The number of pyridine rings is 1. The molecule has 3 amide bonds. The Labute approximate surface area is 157 Å². The van der Waals surface area contributed by atoms with E-state index < -0.39 is 27.2 Å². The van der Waals surface area contributed by atoms with Crippen molar-refractivity contribution >= 4 is 33.7 Å². The number of aromatic nitrogens is 1. The Morgan fingerprint density at radius 2 is 1.96 bits per heavy atom. The van der Waals surface area contributed by atoms with E-state index in [1.165, 1.54) is 28.3 Å². The van der Waals surface area contributed by atoms with Gasteiger partial charge in [0.25, 0.3) is 0 Å². The molecule has 142 valence electrons. The van der Waals surface area contributed by atoms with Crippen LogP contribution in [0.2, 0.25) is 0 Å². The summed E-state index contributed by atoms with van der Waals surface area (Å²) in [6.07, 6.45) is 4.97. The van der Waals surface area contributed by atoms with E-state index in [-0.39, 0.29) is 10.9 Å². The van der Waals surface area contributed by atoms with E-state index in [4.69, 9.17) is 0 Å². The normalized spacial score (nSPS) is 19.1. The minimum Gasteiger partial charge on any atom is -0.335 e. The van der Waals surface area contributed by atoms with Crippen LogP contribution in [-0.2, 0) is 14.8 Å². The van der Waals surface area contributed by atoms with Gasteiger partial charge in [0.05, 0.1) is 10.3 Å². The molecule has 0 bridgehead atoms. The maximum Gasteiger partial charge on any atom is 0.321 e. The summed E-state index contributed by atoms with van der Waals surface area (Å²) in [5.41, 5.74) is 0. The molecule has 2 fully saturated rings. The first-order valence-electron chi connectivity index (χ1n) is 8.60. The maximum atomic E-state index is 12.5. The van der Waals surface area contributed by atoms with Crippen LogP contribution in [0.15, 0.2) is 28.3 Å². The van der Waals surface area contributed by atoms with E-state index in [1.807, 2.05) is 0 Å². The second-order valence-electron chi connectivity index (χ2n) is 6.44. The number of carbonyl (C=O) groups excluding carboxylic acids is 2. The molecule has 3 rings (SSSR count). The lowest BCUT2D eigenvalue weighted by molar-refractivity contribution is -0.119. The molecule has 2 heterocycles. The smallest absolute Gasteiger partial charge is 0.321 e. The average molecular weight is 399 g/mol. The SMILES string of the molecule is CC(Sc1ccc(S(=O)(=O)N2CCCC2)cn1)C(=O)NC(=O)NC1CC1. The third-order valence-corrected chi connectivity index (χ3v) is 7.16. The van der Waals surface area contributed by atoms with Crippen LogP contribution in [-0.4, -0.2) is 54.0 Å². The van der Waals surface area contributed by atoms with Crippen molar-refractivity contribution in [2.75, 3.05) is 13.1 Å². The fraction of sp³-hybridized carbons (Fsp3) is 0.562. The highest BCUT2D eigenvalue weighted by Gasteiger charge is 2.28. The van der Waals surface area contributed by atoms with Crippen molar-refractivity contribution in [2.24, 2.45) is 0 Å². The van der Waals surface area contributed by atoms with Crippen molar-refractivity contribution in [3.05, 3.63) is 18.3 Å². The van der Waals surface area contributed by atoms with Gasteiger partial charge in [-0.3, -0.25) is 10.1 Å². The van der Waals surface area contributed by atoms with Gasteiger partial charge in [-0.05, 0) is 44.7 Å². The van der Waals surface area contributed by atoms with E-state index in [9.17, 15) is 18.0 Å². The highest BCUT2D eigenvalue weighted by Crippen LogP contribution is 2.25. The van der Waals surface area contributed by atoms with Crippen molar-refractivity contribution in [3.63, 3.8) is 0 Å². The molecule has 2 N–H and O–H groups in total. The molecule has 2 aliphatic rings. The van der Waals surface area contributed by atoms with Gasteiger partial charge in [0, 0.05) is 25.3 Å². The monoisotopic (exact) mass is 398 g/mol. The minimum atomic E-state index is -3.49. The van der Waals surface area contributed by atoms with Gasteiger partial charge < -0.3 is 5.32 Å². The first kappa shape index (κ1) is 19.1. The first-order valence-corrected chi connectivity index (χ1v) is 10.9. The Hall–Kier alpha value is -1.65. The van der Waals surface area contributed by atoms with Crippen molar-refractivity contribution in [1.29, 1.82) is 0 Å². The summed E-state index contributed by atoms with van der Waals surface area (Å²) in [4.78, 5) is 27.9. The van der Waals surface area contributed by atoms with Crippen LogP contribution >= 0.6 is 11.8 Å². The molecule has 1 atom stereocenters. The highest BCUT2D eigenvalue weighted by molar-refractivity contribution is 8.00. The molecule has 10 heteroatoms. The number of thioether (sulfide) groups is 1. The number of rotatable bonds is 6. The Kier molecular flexibility index (Phi) is 5.83. The molecule has 1 aromatic rings. The number of sulfonamides is 1. The lowest BCUT2D eigenvalue weighted by atomic mass is 10.4. The largest absolute Gasteiger partial charge is 0.335 e. The number of urea groups is 1. The standard InChI is InChI=1S/C16H22N4O4S2/c1-11(15(21)19-16(22)18-12-4-5-12)25-14-7-6-13(10-17-14)26(23,24)20-8-2-3-9-20/h6-7,10-12H,2-5,8-9H2,1H3,(H2,18,19,21,22). The van der Waals surface area contributed by atoms with E-state index >= 15 is 0 Å². The summed E-state index contributed by atoms with van der Waals surface area (Å²) in [5.74, 6) is -0.413. The predicted octanol–water partition coefficient (Wildman–Crippen LogP) is 1.33. The number of hydrogen-bond donors (Lipinski definition) is 2. The van der Waals surface area contributed by atoms with Gasteiger partial charge in [0.15, 0.2) is 0 Å². The fourth-order valence-corrected chi connectivity index (χ4v) is 4.82. The maximum absolute atomic E-state index is 12.5. The van der Waals surface area contributed by atoms with Gasteiger partial charge in [-0.25, -0.2) is 18.2 Å². The van der Waals surface area contributed by atoms with Gasteiger partial charge in [-0.1, -0.05) is 11.8 Å². The van der Waals surface area contributed by atoms with Crippen LogP contribution in [0.25, 0.3) is 0 Å². The van der Waals surface area contributed by atoms with Crippen LogP contribution in [0.5, 0.6) is 0 Å².